The highest BCUT2D eigenvalue weighted by molar-refractivity contribution is 6.20. The van der Waals surface area contributed by atoms with Crippen molar-refractivity contribution in [3.8, 4) is 90.6 Å². The summed E-state index contributed by atoms with van der Waals surface area (Å²) in [7, 11) is 0. The number of hydrogen-bond acceptors (Lipinski definition) is 6. The minimum atomic E-state index is 0.649. The van der Waals surface area contributed by atoms with Gasteiger partial charge >= 0.3 is 0 Å². The van der Waals surface area contributed by atoms with Crippen molar-refractivity contribution >= 4 is 118 Å². The van der Waals surface area contributed by atoms with Crippen molar-refractivity contribution in [2.24, 2.45) is 0 Å². The maximum absolute atomic E-state index is 5.19. The van der Waals surface area contributed by atoms with Gasteiger partial charge in [-0.25, -0.2) is 29.9 Å². The van der Waals surface area contributed by atoms with E-state index in [9.17, 15) is 0 Å². The van der Waals surface area contributed by atoms with Crippen molar-refractivity contribution in [1.29, 1.82) is 0 Å². The molecule has 0 unspecified atom stereocenters. The van der Waals surface area contributed by atoms with Crippen molar-refractivity contribution in [3.05, 3.63) is 364 Å². The molecule has 0 bridgehead atoms. The van der Waals surface area contributed by atoms with Gasteiger partial charge in [0.05, 0.1) is 0 Å². The number of rotatable bonds is 8. The van der Waals surface area contributed by atoms with Crippen LogP contribution in [0.2, 0.25) is 0 Å². The van der Waals surface area contributed by atoms with Crippen LogP contribution in [0.25, 0.3) is 209 Å². The largest absolute Gasteiger partial charge is 0.208 e. The molecule has 0 aliphatic carbocycles. The Bertz CT molecular complexity index is 6970. The molecule has 0 N–H and O–H groups in total. The molecule has 21 aromatic rings. The van der Waals surface area contributed by atoms with Crippen molar-refractivity contribution in [2.75, 3.05) is 0 Å². The number of fused-ring (bicyclic) bond motifs is 15. The smallest absolute Gasteiger partial charge is 0.164 e. The Morgan fingerprint density at radius 1 is 0.115 bits per heavy atom. The van der Waals surface area contributed by atoms with Crippen LogP contribution in [0, 0.1) is 0 Å². The molecule has 0 aliphatic heterocycles. The third-order valence-corrected chi connectivity index (χ3v) is 20.8. The molecule has 0 atom stereocenters. The topological polar surface area (TPSA) is 77.3 Å². The first-order valence-electron chi connectivity index (χ1n) is 35.3. The van der Waals surface area contributed by atoms with Crippen molar-refractivity contribution < 1.29 is 0 Å². The van der Waals surface area contributed by atoms with Crippen LogP contribution in [-0.2, 0) is 0 Å². The van der Waals surface area contributed by atoms with Gasteiger partial charge in [0.2, 0.25) is 0 Å². The molecule has 0 spiro atoms. The molecule has 6 heteroatoms. The predicted octanol–water partition coefficient (Wildman–Crippen LogP) is 25.8. The molecule has 0 fully saturated rings. The van der Waals surface area contributed by atoms with Crippen LogP contribution in [-0.4, -0.2) is 29.9 Å². The SMILES string of the molecule is c1ccc(-c2nc(-c3ccc4ccccc4c3)nc(-c3ccc(-c4ccc5c(ccc6c7ccccc7ccc56)c4)c4ccccc34)n2)cc1.c1ccc2cc(-c3nc(-c4ccc5ccccc5c4)nc(-c4ccc(-c5ccc6c(ccc7c8ccccc8ccc67)c5)c5ccccc45)n3)ccc2c1. The van der Waals surface area contributed by atoms with E-state index in [1.807, 2.05) is 18.2 Å². The summed E-state index contributed by atoms with van der Waals surface area (Å²) >= 11 is 0. The summed E-state index contributed by atoms with van der Waals surface area (Å²) < 4.78 is 0. The summed E-state index contributed by atoms with van der Waals surface area (Å²) in [5, 5.41) is 26.7. The van der Waals surface area contributed by atoms with Gasteiger partial charge in [0.1, 0.15) is 0 Å². The fourth-order valence-corrected chi connectivity index (χ4v) is 15.6. The van der Waals surface area contributed by atoms with Gasteiger partial charge in [-0.1, -0.05) is 322 Å². The average Bonchev–Trinajstić information content (AvgIpc) is 0.754. The quantitative estimate of drug-likeness (QED) is 0.141. The Labute approximate surface area is 599 Å². The first kappa shape index (κ1) is 60.1. The first-order valence-corrected chi connectivity index (χ1v) is 35.3. The minimum Gasteiger partial charge on any atom is -0.208 e. The monoisotopic (exact) mass is 1320 g/mol. The van der Waals surface area contributed by atoms with Gasteiger partial charge in [0.15, 0.2) is 34.9 Å². The lowest BCUT2D eigenvalue weighted by atomic mass is 9.92. The van der Waals surface area contributed by atoms with Crippen LogP contribution in [0.4, 0.5) is 0 Å². The molecule has 482 valence electrons. The Balaban J connectivity index is 0.000000139. The molecule has 0 radical (unpaired) electrons. The van der Waals surface area contributed by atoms with Gasteiger partial charge in [-0.2, -0.15) is 0 Å². The fourth-order valence-electron chi connectivity index (χ4n) is 15.6. The lowest BCUT2D eigenvalue weighted by Crippen LogP contribution is -2.01. The summed E-state index contributed by atoms with van der Waals surface area (Å²) in [4.78, 5) is 30.7. The highest BCUT2D eigenvalue weighted by atomic mass is 15.0. The molecular weight excluding hydrogens is 1260 g/mol. The molecule has 6 nitrogen and oxygen atoms in total. The summed E-state index contributed by atoms with van der Waals surface area (Å²) in [6.45, 7) is 0. The first-order chi connectivity index (χ1) is 51.5. The lowest BCUT2D eigenvalue weighted by Gasteiger charge is -2.14. The van der Waals surface area contributed by atoms with Gasteiger partial charge < -0.3 is 0 Å². The van der Waals surface area contributed by atoms with Gasteiger partial charge in [0, 0.05) is 33.4 Å². The van der Waals surface area contributed by atoms with Gasteiger partial charge in [-0.3, -0.25) is 0 Å². The highest BCUT2D eigenvalue weighted by Crippen LogP contribution is 2.42. The van der Waals surface area contributed by atoms with Gasteiger partial charge in [-0.15, -0.1) is 0 Å². The van der Waals surface area contributed by atoms with Crippen molar-refractivity contribution in [2.45, 2.75) is 0 Å². The average molecular weight is 1320 g/mol. The fraction of sp³-hybridized carbons (Fsp3) is 0. The van der Waals surface area contributed by atoms with Crippen LogP contribution < -0.4 is 0 Å². The van der Waals surface area contributed by atoms with E-state index < -0.39 is 0 Å². The molecule has 0 amide bonds. The lowest BCUT2D eigenvalue weighted by molar-refractivity contribution is 1.08. The summed E-state index contributed by atoms with van der Waals surface area (Å²) in [6, 6.07) is 130. The normalized spacial score (nSPS) is 11.7. The number of nitrogens with zero attached hydrogens (tertiary/aromatic N) is 6. The zero-order valence-electron chi connectivity index (χ0n) is 56.3. The van der Waals surface area contributed by atoms with Crippen LogP contribution >= 0.6 is 0 Å². The van der Waals surface area contributed by atoms with Gasteiger partial charge in [0.25, 0.3) is 0 Å². The number of benzene rings is 19. The van der Waals surface area contributed by atoms with E-state index in [4.69, 9.17) is 29.9 Å². The summed E-state index contributed by atoms with van der Waals surface area (Å²) in [5.74, 6) is 3.91. The third-order valence-electron chi connectivity index (χ3n) is 20.8. The third kappa shape index (κ3) is 10.7. The van der Waals surface area contributed by atoms with E-state index >= 15 is 0 Å². The van der Waals surface area contributed by atoms with Crippen molar-refractivity contribution in [1.82, 2.24) is 29.9 Å². The molecule has 2 aromatic heterocycles. The molecule has 0 saturated heterocycles. The van der Waals surface area contributed by atoms with Crippen molar-refractivity contribution in [3.63, 3.8) is 0 Å². The Morgan fingerprint density at radius 2 is 0.356 bits per heavy atom. The second-order valence-corrected chi connectivity index (χ2v) is 26.8. The minimum absolute atomic E-state index is 0.649. The predicted molar refractivity (Wildman–Crippen MR) is 436 cm³/mol. The van der Waals surface area contributed by atoms with E-state index in [1.165, 1.54) is 103 Å². The van der Waals surface area contributed by atoms with E-state index in [0.717, 1.165) is 71.1 Å². The van der Waals surface area contributed by atoms with E-state index in [0.29, 0.717) is 34.9 Å². The molecule has 104 heavy (non-hydrogen) atoms. The molecule has 2 heterocycles. The van der Waals surface area contributed by atoms with E-state index in [2.05, 4.69) is 346 Å². The van der Waals surface area contributed by atoms with Crippen LogP contribution in [0.3, 0.4) is 0 Å². The maximum atomic E-state index is 5.19. The molecule has 0 aliphatic rings. The van der Waals surface area contributed by atoms with E-state index in [1.54, 1.807) is 0 Å². The highest BCUT2D eigenvalue weighted by Gasteiger charge is 2.21. The summed E-state index contributed by atoms with van der Waals surface area (Å²) in [6.07, 6.45) is 0. The zero-order valence-corrected chi connectivity index (χ0v) is 56.3. The second-order valence-electron chi connectivity index (χ2n) is 26.8. The van der Waals surface area contributed by atoms with Crippen LogP contribution in [0.15, 0.2) is 364 Å². The second kappa shape index (κ2) is 25.0. The number of aromatic nitrogens is 6. The maximum Gasteiger partial charge on any atom is 0.164 e. The van der Waals surface area contributed by atoms with Crippen LogP contribution in [0.1, 0.15) is 0 Å². The molecule has 19 aromatic carbocycles. The standard InChI is InChI=1S/C51H31N3.C47H29N3/c1-3-12-35-29-39(19-17-32(35)9-1)49-52-50(40-20-18-33-10-2-4-13-36(33)30-40)54-51(53-49)48-28-27-43(44-15-7-8-16-45(44)48)37-22-24-42-38(31-37)23-26-46-41-14-6-5-11-34(41)21-25-47(42)46;1-2-12-32(13-3-1)45-48-46(36-19-18-30-10-4-5-14-33(30)28-36)50-47(49-45)44-27-26-39(40-16-8-9-17-41(40)44)34-21-23-38-35(29-34)22-25-42-37-15-7-6-11-31(37)20-24-43(38)42/h1-31H;1-29H. The number of hydrogen-bond donors (Lipinski definition) is 0. The molecule has 0 saturated carbocycles. The molecule has 21 rings (SSSR count). The Morgan fingerprint density at radius 3 is 0.740 bits per heavy atom. The zero-order chi connectivity index (χ0) is 68.6. The van der Waals surface area contributed by atoms with E-state index in [-0.39, 0.29) is 0 Å². The molecular formula is C98H60N6. The van der Waals surface area contributed by atoms with Gasteiger partial charge in [-0.05, 0) is 183 Å². The summed E-state index contributed by atoms with van der Waals surface area (Å²) in [5.41, 5.74) is 10.5. The van der Waals surface area contributed by atoms with Crippen LogP contribution in [0.5, 0.6) is 0 Å². The Kier molecular flexibility index (Phi) is 14.5. The Hall–Kier alpha value is -13.9.